The quantitative estimate of drug-likeness (QED) is 0.172. The lowest BCUT2D eigenvalue weighted by molar-refractivity contribution is 0.770. The summed E-state index contributed by atoms with van der Waals surface area (Å²) in [5.41, 5.74) is 24.7. The van der Waals surface area contributed by atoms with Crippen molar-refractivity contribution in [1.82, 2.24) is 0 Å². The van der Waals surface area contributed by atoms with Crippen molar-refractivity contribution >= 4 is 22.6 Å². The predicted molar refractivity (Wildman–Crippen MR) is 253 cm³/mol. The van der Waals surface area contributed by atoms with Crippen LogP contribution in [0.2, 0.25) is 0 Å². The number of rotatable bonds is 5. The minimum atomic E-state index is -0.433. The molecule has 3 nitrogen and oxygen atoms in total. The second-order valence-electron chi connectivity index (χ2n) is 14.6. The van der Waals surface area contributed by atoms with Crippen molar-refractivity contribution in [3.8, 4) is 11.1 Å². The third-order valence-corrected chi connectivity index (χ3v) is 10.8. The topological polar surface area (TPSA) is 41.3 Å². The summed E-state index contributed by atoms with van der Waals surface area (Å²) in [6, 6.07) is 55.1. The fraction of sp³-hybridized carbons (Fsp3) is 0.0893. The zero-order valence-electron chi connectivity index (χ0n) is 34.1. The van der Waals surface area contributed by atoms with Crippen molar-refractivity contribution in [3.05, 3.63) is 269 Å². The number of para-hydroxylation sites is 2. The molecule has 1 heterocycles. The highest BCUT2D eigenvalue weighted by atomic mass is 15.1. The van der Waals surface area contributed by atoms with Gasteiger partial charge in [0.25, 0.3) is 0 Å². The molecule has 6 aromatic carbocycles. The summed E-state index contributed by atoms with van der Waals surface area (Å²) in [5.74, 6) is 0. The molecule has 0 bridgehead atoms. The van der Waals surface area contributed by atoms with E-state index in [2.05, 4.69) is 170 Å². The summed E-state index contributed by atoms with van der Waals surface area (Å²) in [7, 11) is 3.65. The maximum atomic E-state index is 4.53. The highest BCUT2D eigenvalue weighted by Crippen LogP contribution is 2.58. The number of nitrogens with zero attached hydrogens (tertiary/aromatic N) is 1. The van der Waals surface area contributed by atoms with Gasteiger partial charge in [0, 0.05) is 41.4 Å². The molecule has 0 aromatic heterocycles. The van der Waals surface area contributed by atoms with Gasteiger partial charge in [-0.05, 0) is 113 Å². The molecule has 6 aromatic rings. The first-order chi connectivity index (χ1) is 29.0. The van der Waals surface area contributed by atoms with Crippen LogP contribution in [0.15, 0.2) is 242 Å². The number of hydrogen-bond acceptors (Lipinski definition) is 3. The summed E-state index contributed by atoms with van der Waals surface area (Å²) >= 11 is 0. The molecular formula is C56H51N3. The average molecular weight is 766 g/mol. The van der Waals surface area contributed by atoms with E-state index in [1.54, 1.807) is 0 Å². The molecular weight excluding hydrogens is 715 g/mol. The summed E-state index contributed by atoms with van der Waals surface area (Å²) in [6.07, 6.45) is 20.5. The van der Waals surface area contributed by atoms with E-state index >= 15 is 0 Å². The number of fused-ring (bicyclic) bond motifs is 4. The first-order valence-corrected chi connectivity index (χ1v) is 20.1. The van der Waals surface area contributed by atoms with E-state index in [-0.39, 0.29) is 0 Å². The van der Waals surface area contributed by atoms with Gasteiger partial charge < -0.3 is 16.0 Å². The van der Waals surface area contributed by atoms with E-state index in [0.29, 0.717) is 0 Å². The van der Waals surface area contributed by atoms with Gasteiger partial charge >= 0.3 is 0 Å². The Morgan fingerprint density at radius 1 is 0.644 bits per heavy atom. The molecule has 0 saturated carbocycles. The lowest BCUT2D eigenvalue weighted by Crippen LogP contribution is -2.28. The number of nitrogens with two attached hydrogens (primary N) is 1. The average Bonchev–Trinajstić information content (AvgIpc) is 4.08. The zero-order chi connectivity index (χ0) is 41.0. The lowest BCUT2D eigenvalue weighted by atomic mass is 9.67. The summed E-state index contributed by atoms with van der Waals surface area (Å²) in [4.78, 5) is 2.26. The minimum absolute atomic E-state index is 0.433. The second-order valence-corrected chi connectivity index (χ2v) is 14.6. The molecule has 290 valence electrons. The molecule has 0 amide bonds. The molecule has 10 rings (SSSR count). The van der Waals surface area contributed by atoms with E-state index < -0.39 is 5.41 Å². The van der Waals surface area contributed by atoms with Crippen molar-refractivity contribution in [3.63, 3.8) is 0 Å². The van der Waals surface area contributed by atoms with Crippen LogP contribution in [-0.2, 0) is 5.41 Å². The van der Waals surface area contributed by atoms with Crippen molar-refractivity contribution in [2.24, 2.45) is 5.73 Å². The fourth-order valence-corrected chi connectivity index (χ4v) is 8.07. The molecule has 3 N–H and O–H groups in total. The van der Waals surface area contributed by atoms with Gasteiger partial charge in [0.1, 0.15) is 0 Å². The number of hydrogen-bond donors (Lipinski definition) is 2. The summed E-state index contributed by atoms with van der Waals surface area (Å²) in [5, 5.41) is 3.30. The molecule has 4 aliphatic rings. The Kier molecular flexibility index (Phi) is 12.8. The van der Waals surface area contributed by atoms with Crippen molar-refractivity contribution in [2.45, 2.75) is 18.8 Å². The standard InChI is InChI=1S/C36H27N.C12H11N.C7H8.CH5N/c1-25-20-21-27(26-12-6-7-13-26)24-37(2)35-23-32-30-18-10-11-19-33(30)36(29-16-8-9-17-29,34(32)22-31(25)35)28-14-4-3-5-15-28;1-3-7-11(8-4-1)13-12-9-5-2-6-10-12;1-7-5-3-2-4-6-7;1-2/h3-12,14-16,18-24H,1,13H2,2H3;1-10,13H;2-6H,1H3;2H2,1H3/b21-20-,27-24+;;;. The maximum absolute atomic E-state index is 4.53. The van der Waals surface area contributed by atoms with Gasteiger partial charge in [0.05, 0.1) is 5.41 Å². The van der Waals surface area contributed by atoms with Crippen LogP contribution in [-0.4, -0.2) is 14.1 Å². The van der Waals surface area contributed by atoms with E-state index in [4.69, 9.17) is 0 Å². The third kappa shape index (κ3) is 8.59. The van der Waals surface area contributed by atoms with Gasteiger partial charge in [0.15, 0.2) is 0 Å². The molecule has 59 heavy (non-hydrogen) atoms. The SMILES string of the molecule is C=C1/C=C\C(C2=CC=CC2)=C/N(C)c2cc3c(cc21)C(C1=C=CC=C1)(c1ccccc1)c1ccccc1-3.CN.Cc1ccccc1.c1ccc(Nc2ccccc2)cc1. The number of allylic oxidation sites excluding steroid dienone is 11. The first-order valence-electron chi connectivity index (χ1n) is 20.1. The van der Waals surface area contributed by atoms with Crippen LogP contribution in [0.3, 0.4) is 0 Å². The lowest BCUT2D eigenvalue weighted by Gasteiger charge is -2.34. The molecule has 0 spiro atoms. The zero-order valence-corrected chi connectivity index (χ0v) is 34.1. The normalized spacial score (nSPS) is 17.7. The largest absolute Gasteiger partial charge is 0.356 e. The van der Waals surface area contributed by atoms with Crippen LogP contribution in [0, 0.1) is 6.92 Å². The Bertz CT molecular complexity index is 2580. The molecule has 3 heteroatoms. The number of aryl methyl sites for hydroxylation is 1. The van der Waals surface area contributed by atoms with Crippen LogP contribution >= 0.6 is 0 Å². The van der Waals surface area contributed by atoms with Gasteiger partial charge in [-0.1, -0.05) is 170 Å². The van der Waals surface area contributed by atoms with Crippen LogP contribution in [0.5, 0.6) is 0 Å². The van der Waals surface area contributed by atoms with Crippen LogP contribution in [0.1, 0.15) is 34.2 Å². The van der Waals surface area contributed by atoms with Crippen LogP contribution in [0.4, 0.5) is 17.1 Å². The van der Waals surface area contributed by atoms with E-state index in [1.165, 1.54) is 62.8 Å². The Balaban J connectivity index is 0.000000196. The van der Waals surface area contributed by atoms with Gasteiger partial charge in [0.2, 0.25) is 0 Å². The van der Waals surface area contributed by atoms with Crippen LogP contribution in [0.25, 0.3) is 16.7 Å². The molecule has 1 aliphatic heterocycles. The maximum Gasteiger partial charge on any atom is 0.0786 e. The van der Waals surface area contributed by atoms with Crippen molar-refractivity contribution in [2.75, 3.05) is 24.3 Å². The Morgan fingerprint density at radius 3 is 1.83 bits per heavy atom. The molecule has 3 aliphatic carbocycles. The summed E-state index contributed by atoms with van der Waals surface area (Å²) < 4.78 is 0. The molecule has 0 radical (unpaired) electrons. The Labute approximate surface area is 350 Å². The number of nitrogens with one attached hydrogen (secondary N) is 1. The third-order valence-electron chi connectivity index (χ3n) is 10.8. The fourth-order valence-electron chi connectivity index (χ4n) is 8.07. The van der Waals surface area contributed by atoms with Crippen molar-refractivity contribution < 1.29 is 0 Å². The van der Waals surface area contributed by atoms with E-state index in [9.17, 15) is 0 Å². The van der Waals surface area contributed by atoms with E-state index in [1.807, 2.05) is 84.9 Å². The highest BCUT2D eigenvalue weighted by molar-refractivity contribution is 5.94. The number of benzene rings is 6. The van der Waals surface area contributed by atoms with Gasteiger partial charge in [-0.25, -0.2) is 0 Å². The molecule has 0 fully saturated rings. The Hall–Kier alpha value is -7.16. The second kappa shape index (κ2) is 18.9. The smallest absolute Gasteiger partial charge is 0.0786 e. The molecule has 1 unspecified atom stereocenters. The number of anilines is 3. The predicted octanol–water partition coefficient (Wildman–Crippen LogP) is 13.4. The molecule has 1 atom stereocenters. The highest BCUT2D eigenvalue weighted by Gasteiger charge is 2.47. The van der Waals surface area contributed by atoms with Gasteiger partial charge in [-0.15, -0.1) is 5.73 Å². The Morgan fingerprint density at radius 2 is 1.25 bits per heavy atom. The molecule has 0 saturated heterocycles. The minimum Gasteiger partial charge on any atom is -0.356 e. The van der Waals surface area contributed by atoms with Crippen molar-refractivity contribution in [1.29, 1.82) is 0 Å². The first kappa shape index (κ1) is 40.1. The van der Waals surface area contributed by atoms with Gasteiger partial charge in [-0.3, -0.25) is 0 Å². The summed E-state index contributed by atoms with van der Waals surface area (Å²) in [6.45, 7) is 6.61. The van der Waals surface area contributed by atoms with Crippen LogP contribution < -0.4 is 16.0 Å². The van der Waals surface area contributed by atoms with E-state index in [0.717, 1.165) is 28.9 Å². The monoisotopic (exact) mass is 765 g/mol. The van der Waals surface area contributed by atoms with Gasteiger partial charge in [-0.2, -0.15) is 0 Å².